The van der Waals surface area contributed by atoms with Crippen LogP contribution in [0.25, 0.3) is 11.4 Å². The van der Waals surface area contributed by atoms with Gasteiger partial charge in [0.05, 0.1) is 12.3 Å². The zero-order valence-corrected chi connectivity index (χ0v) is 17.3. The molecule has 6 nitrogen and oxygen atoms in total. The Balaban J connectivity index is 1.62. The molecule has 156 valence electrons. The number of rotatable bonds is 7. The smallest absolute Gasteiger partial charge is 0.161 e. The second kappa shape index (κ2) is 9.28. The number of hydrogen-bond donors (Lipinski definition) is 1. The predicted octanol–water partition coefficient (Wildman–Crippen LogP) is 3.68. The molecule has 7 heteroatoms. The normalized spacial score (nSPS) is 14.9. The number of nitrogens with zero attached hydrogens (tertiary/aromatic N) is 4. The van der Waals surface area contributed by atoms with E-state index in [4.69, 9.17) is 14.7 Å². The molecule has 0 bridgehead atoms. The van der Waals surface area contributed by atoms with E-state index in [1.165, 1.54) is 12.1 Å². The molecular formula is C23H26FN5O. The number of pyridine rings is 1. The molecule has 0 amide bonds. The molecule has 1 aliphatic heterocycles. The van der Waals surface area contributed by atoms with Crippen LogP contribution in [0, 0.1) is 5.82 Å². The Bertz CT molecular complexity index is 981. The van der Waals surface area contributed by atoms with Crippen LogP contribution >= 0.6 is 0 Å². The van der Waals surface area contributed by atoms with Crippen molar-refractivity contribution in [2.24, 2.45) is 0 Å². The van der Waals surface area contributed by atoms with E-state index in [9.17, 15) is 4.39 Å². The zero-order valence-electron chi connectivity index (χ0n) is 17.3. The van der Waals surface area contributed by atoms with Gasteiger partial charge in [0.2, 0.25) is 0 Å². The Morgan fingerprint density at radius 3 is 2.63 bits per heavy atom. The first-order chi connectivity index (χ1) is 14.6. The summed E-state index contributed by atoms with van der Waals surface area (Å²) in [6.07, 6.45) is 4.34. The fourth-order valence-electron chi connectivity index (χ4n) is 3.73. The minimum atomic E-state index is -0.210. The largest absolute Gasteiger partial charge is 0.383 e. The van der Waals surface area contributed by atoms with Gasteiger partial charge in [0.1, 0.15) is 11.6 Å². The number of fused-ring (bicyclic) bond motifs is 1. The summed E-state index contributed by atoms with van der Waals surface area (Å²) in [6, 6.07) is 10.7. The van der Waals surface area contributed by atoms with Gasteiger partial charge >= 0.3 is 0 Å². The van der Waals surface area contributed by atoms with Crippen molar-refractivity contribution in [2.75, 3.05) is 25.6 Å². The topological polar surface area (TPSA) is 63.2 Å². The third-order valence-electron chi connectivity index (χ3n) is 5.20. The molecule has 2 aromatic heterocycles. The maximum absolute atomic E-state index is 13.2. The summed E-state index contributed by atoms with van der Waals surface area (Å²) in [5, 5.41) is 3.50. The van der Waals surface area contributed by atoms with Gasteiger partial charge < -0.3 is 10.1 Å². The molecule has 0 spiro atoms. The number of ether oxygens (including phenoxy) is 1. The highest BCUT2D eigenvalue weighted by molar-refractivity contribution is 5.60. The molecule has 0 radical (unpaired) electrons. The minimum Gasteiger partial charge on any atom is -0.383 e. The van der Waals surface area contributed by atoms with Crippen molar-refractivity contribution in [1.82, 2.24) is 19.9 Å². The first kappa shape index (κ1) is 20.4. The second-order valence-corrected chi connectivity index (χ2v) is 7.64. The van der Waals surface area contributed by atoms with Crippen molar-refractivity contribution in [3.63, 3.8) is 0 Å². The fraction of sp³-hybridized carbons (Fsp3) is 0.348. The molecule has 30 heavy (non-hydrogen) atoms. The van der Waals surface area contributed by atoms with Crippen molar-refractivity contribution >= 4 is 5.82 Å². The van der Waals surface area contributed by atoms with Gasteiger partial charge in [-0.3, -0.25) is 9.88 Å². The SMILES string of the molecule is COC[C@H](C)Nc1nc(-c2ccncc2)nc2c1CN(Cc1ccc(F)cc1)CC2. The number of benzene rings is 1. The summed E-state index contributed by atoms with van der Waals surface area (Å²) in [6.45, 7) is 5.06. The Labute approximate surface area is 176 Å². The number of hydrogen-bond acceptors (Lipinski definition) is 6. The Hall–Kier alpha value is -2.90. The summed E-state index contributed by atoms with van der Waals surface area (Å²) in [7, 11) is 1.69. The Kier molecular flexibility index (Phi) is 6.30. The van der Waals surface area contributed by atoms with Crippen molar-refractivity contribution in [2.45, 2.75) is 32.5 Å². The van der Waals surface area contributed by atoms with Crippen LogP contribution in [-0.2, 0) is 24.2 Å². The quantitative estimate of drug-likeness (QED) is 0.645. The van der Waals surface area contributed by atoms with E-state index in [0.717, 1.165) is 54.3 Å². The third kappa shape index (κ3) is 4.80. The third-order valence-corrected chi connectivity index (χ3v) is 5.20. The van der Waals surface area contributed by atoms with Gasteiger partial charge in [-0.15, -0.1) is 0 Å². The van der Waals surface area contributed by atoms with Crippen molar-refractivity contribution in [1.29, 1.82) is 0 Å². The molecule has 1 atom stereocenters. The lowest BCUT2D eigenvalue weighted by atomic mass is 10.0. The molecule has 0 aliphatic carbocycles. The molecule has 3 heterocycles. The molecule has 3 aromatic rings. The highest BCUT2D eigenvalue weighted by Gasteiger charge is 2.24. The number of aromatic nitrogens is 3. The van der Waals surface area contributed by atoms with Crippen LogP contribution in [0.3, 0.4) is 0 Å². The van der Waals surface area contributed by atoms with Crippen molar-refractivity contribution in [3.05, 3.63) is 71.4 Å². The van der Waals surface area contributed by atoms with Gasteiger partial charge in [-0.1, -0.05) is 12.1 Å². The van der Waals surface area contributed by atoms with Gasteiger partial charge in [0, 0.05) is 62.7 Å². The van der Waals surface area contributed by atoms with E-state index < -0.39 is 0 Å². The van der Waals surface area contributed by atoms with E-state index in [0.29, 0.717) is 12.4 Å². The number of methoxy groups -OCH3 is 1. The lowest BCUT2D eigenvalue weighted by Gasteiger charge is -2.30. The molecule has 1 N–H and O–H groups in total. The predicted molar refractivity (Wildman–Crippen MR) is 114 cm³/mol. The monoisotopic (exact) mass is 407 g/mol. The van der Waals surface area contributed by atoms with E-state index in [-0.39, 0.29) is 11.9 Å². The standard InChI is InChI=1S/C23H26FN5O/c1-16(15-30-2)26-23-20-14-29(13-17-3-5-19(24)6-4-17)12-9-21(20)27-22(28-23)18-7-10-25-11-8-18/h3-8,10-11,16H,9,12-15H2,1-2H3,(H,26,27,28)/t16-/m0/s1. The molecule has 4 rings (SSSR count). The molecule has 0 saturated heterocycles. The van der Waals surface area contributed by atoms with Crippen LogP contribution in [0.4, 0.5) is 10.2 Å². The van der Waals surface area contributed by atoms with Gasteiger partial charge in [-0.2, -0.15) is 0 Å². The first-order valence-corrected chi connectivity index (χ1v) is 10.1. The number of nitrogens with one attached hydrogen (secondary N) is 1. The summed E-state index contributed by atoms with van der Waals surface area (Å²) in [5.41, 5.74) is 4.23. The minimum absolute atomic E-state index is 0.117. The zero-order chi connectivity index (χ0) is 20.9. The molecule has 1 aliphatic rings. The van der Waals surface area contributed by atoms with E-state index in [2.05, 4.69) is 22.1 Å². The van der Waals surface area contributed by atoms with Crippen LogP contribution in [0.1, 0.15) is 23.7 Å². The second-order valence-electron chi connectivity index (χ2n) is 7.64. The number of anilines is 1. The molecule has 1 aromatic carbocycles. The van der Waals surface area contributed by atoms with Crippen LogP contribution < -0.4 is 5.32 Å². The molecule has 0 saturated carbocycles. The molecule has 0 unspecified atom stereocenters. The van der Waals surface area contributed by atoms with Crippen LogP contribution in [0.15, 0.2) is 48.8 Å². The van der Waals surface area contributed by atoms with E-state index in [1.54, 1.807) is 19.5 Å². The highest BCUT2D eigenvalue weighted by atomic mass is 19.1. The van der Waals surface area contributed by atoms with Crippen LogP contribution in [0.2, 0.25) is 0 Å². The van der Waals surface area contributed by atoms with E-state index >= 15 is 0 Å². The summed E-state index contributed by atoms with van der Waals surface area (Å²) < 4.78 is 18.5. The fourth-order valence-corrected chi connectivity index (χ4v) is 3.73. The lowest BCUT2D eigenvalue weighted by Crippen LogP contribution is -2.33. The van der Waals surface area contributed by atoms with Crippen LogP contribution in [-0.4, -0.2) is 46.2 Å². The number of halogens is 1. The van der Waals surface area contributed by atoms with Gasteiger partial charge in [0.15, 0.2) is 5.82 Å². The lowest BCUT2D eigenvalue weighted by molar-refractivity contribution is 0.190. The van der Waals surface area contributed by atoms with Crippen molar-refractivity contribution in [3.8, 4) is 11.4 Å². The maximum Gasteiger partial charge on any atom is 0.161 e. The highest BCUT2D eigenvalue weighted by Crippen LogP contribution is 2.28. The first-order valence-electron chi connectivity index (χ1n) is 10.1. The van der Waals surface area contributed by atoms with Gasteiger partial charge in [-0.25, -0.2) is 14.4 Å². The van der Waals surface area contributed by atoms with Gasteiger partial charge in [-0.05, 0) is 36.8 Å². The van der Waals surface area contributed by atoms with Crippen LogP contribution in [0.5, 0.6) is 0 Å². The molecular weight excluding hydrogens is 381 g/mol. The summed E-state index contributed by atoms with van der Waals surface area (Å²) in [4.78, 5) is 16.1. The molecule has 0 fully saturated rings. The Morgan fingerprint density at radius 2 is 1.90 bits per heavy atom. The summed E-state index contributed by atoms with van der Waals surface area (Å²) >= 11 is 0. The maximum atomic E-state index is 13.2. The average molecular weight is 407 g/mol. The average Bonchev–Trinajstić information content (AvgIpc) is 2.76. The van der Waals surface area contributed by atoms with Crippen molar-refractivity contribution < 1.29 is 9.13 Å². The Morgan fingerprint density at radius 1 is 1.13 bits per heavy atom. The van der Waals surface area contributed by atoms with Gasteiger partial charge in [0.25, 0.3) is 0 Å². The summed E-state index contributed by atoms with van der Waals surface area (Å²) in [5.74, 6) is 1.34. The van der Waals surface area contributed by atoms with E-state index in [1.807, 2.05) is 24.3 Å².